The van der Waals surface area contributed by atoms with Crippen LogP contribution < -0.4 is 0 Å². The fourth-order valence-electron chi connectivity index (χ4n) is 0.625. The van der Waals surface area contributed by atoms with E-state index >= 15 is 0 Å². The number of hydrogen-bond donors (Lipinski definition) is 0. The fourth-order valence-corrected chi connectivity index (χ4v) is 0.625. The maximum Gasteiger partial charge on any atom is 0.111 e. The van der Waals surface area contributed by atoms with Crippen molar-refractivity contribution in [3.05, 3.63) is 6.92 Å². The van der Waals surface area contributed by atoms with Gasteiger partial charge in [0.05, 0.1) is 0 Å². The number of rotatable bonds is 3. The van der Waals surface area contributed by atoms with Gasteiger partial charge in [-0.05, 0) is 19.8 Å². The average molecular weight is 117 g/mol. The van der Waals surface area contributed by atoms with Crippen molar-refractivity contribution in [1.82, 2.24) is 0 Å². The van der Waals surface area contributed by atoms with Crippen LogP contribution in [0.3, 0.4) is 0 Å². The predicted molar refractivity (Wildman–Crippen MR) is 34.4 cm³/mol. The summed E-state index contributed by atoms with van der Waals surface area (Å²) in [6.07, 6.45) is 2.00. The molecule has 0 amide bonds. The molecular formula is C7H14F. The number of halogens is 1. The van der Waals surface area contributed by atoms with E-state index in [1.165, 1.54) is 0 Å². The molecule has 0 heterocycles. The van der Waals surface area contributed by atoms with Crippen molar-refractivity contribution < 1.29 is 4.39 Å². The van der Waals surface area contributed by atoms with Crippen molar-refractivity contribution in [3.63, 3.8) is 0 Å². The van der Waals surface area contributed by atoms with Crippen LogP contribution in [0.4, 0.5) is 4.39 Å². The fraction of sp³-hybridized carbons (Fsp3) is 0.857. The molecule has 8 heavy (non-hydrogen) atoms. The van der Waals surface area contributed by atoms with E-state index in [1.54, 1.807) is 0 Å². The van der Waals surface area contributed by atoms with Gasteiger partial charge in [-0.2, -0.15) is 0 Å². The summed E-state index contributed by atoms with van der Waals surface area (Å²) in [5, 5.41) is 0. The first-order chi connectivity index (χ1) is 3.62. The SMILES string of the molecule is [CH2]C(F)(CC)CCC. The van der Waals surface area contributed by atoms with Crippen molar-refractivity contribution in [2.45, 2.75) is 38.8 Å². The van der Waals surface area contributed by atoms with Crippen molar-refractivity contribution in [1.29, 1.82) is 0 Å². The summed E-state index contributed by atoms with van der Waals surface area (Å²) in [4.78, 5) is 0. The molecule has 0 aromatic rings. The zero-order valence-corrected chi connectivity index (χ0v) is 5.71. The molecule has 0 nitrogen and oxygen atoms in total. The monoisotopic (exact) mass is 117 g/mol. The van der Waals surface area contributed by atoms with E-state index in [0.717, 1.165) is 6.42 Å². The van der Waals surface area contributed by atoms with Crippen LogP contribution in [-0.2, 0) is 0 Å². The molecule has 0 aliphatic rings. The maximum atomic E-state index is 12.7. The molecular weight excluding hydrogens is 103 g/mol. The zero-order chi connectivity index (χ0) is 6.62. The predicted octanol–water partition coefficient (Wildman–Crippen LogP) is 2.74. The van der Waals surface area contributed by atoms with Crippen molar-refractivity contribution >= 4 is 0 Å². The van der Waals surface area contributed by atoms with Gasteiger partial charge in [-0.15, -0.1) is 0 Å². The van der Waals surface area contributed by atoms with Crippen LogP contribution in [-0.4, -0.2) is 5.67 Å². The van der Waals surface area contributed by atoms with Crippen LogP contribution in [0.5, 0.6) is 0 Å². The normalized spacial score (nSPS) is 18.0. The first-order valence-corrected chi connectivity index (χ1v) is 3.16. The Morgan fingerprint density at radius 1 is 1.50 bits per heavy atom. The van der Waals surface area contributed by atoms with Gasteiger partial charge in [0.15, 0.2) is 0 Å². The van der Waals surface area contributed by atoms with Crippen LogP contribution in [0.2, 0.25) is 0 Å². The molecule has 1 atom stereocenters. The number of hydrogen-bond acceptors (Lipinski definition) is 0. The second kappa shape index (κ2) is 3.06. The minimum absolute atomic E-state index is 0.529. The van der Waals surface area contributed by atoms with E-state index in [-0.39, 0.29) is 0 Å². The van der Waals surface area contributed by atoms with Gasteiger partial charge >= 0.3 is 0 Å². The molecule has 0 saturated heterocycles. The van der Waals surface area contributed by atoms with Crippen molar-refractivity contribution in [2.75, 3.05) is 0 Å². The Morgan fingerprint density at radius 3 is 2.12 bits per heavy atom. The third-order valence-corrected chi connectivity index (χ3v) is 1.33. The maximum absolute atomic E-state index is 12.7. The third kappa shape index (κ3) is 3.00. The molecule has 49 valence electrons. The molecule has 0 rings (SSSR count). The average Bonchev–Trinajstić information content (AvgIpc) is 1.67. The van der Waals surface area contributed by atoms with Crippen molar-refractivity contribution in [3.8, 4) is 0 Å². The molecule has 0 fully saturated rings. The summed E-state index contributed by atoms with van der Waals surface area (Å²) in [7, 11) is 0. The van der Waals surface area contributed by atoms with E-state index in [0.29, 0.717) is 12.8 Å². The summed E-state index contributed by atoms with van der Waals surface area (Å²) in [5.41, 5.74) is -1.16. The van der Waals surface area contributed by atoms with Gasteiger partial charge in [-0.1, -0.05) is 20.3 Å². The lowest BCUT2D eigenvalue weighted by atomic mass is 10.0. The molecule has 0 aliphatic heterocycles. The van der Waals surface area contributed by atoms with E-state index in [4.69, 9.17) is 0 Å². The van der Waals surface area contributed by atoms with Gasteiger partial charge in [0, 0.05) is 0 Å². The molecule has 0 bridgehead atoms. The Morgan fingerprint density at radius 2 is 2.00 bits per heavy atom. The van der Waals surface area contributed by atoms with Gasteiger partial charge in [-0.3, -0.25) is 0 Å². The van der Waals surface area contributed by atoms with Crippen LogP contribution in [0.25, 0.3) is 0 Å². The minimum Gasteiger partial charge on any atom is -0.244 e. The molecule has 0 spiro atoms. The standard InChI is InChI=1S/C7H14F/c1-4-6-7(3,8)5-2/h3-6H2,1-2H3. The largest absolute Gasteiger partial charge is 0.244 e. The van der Waals surface area contributed by atoms with Gasteiger partial charge in [0.2, 0.25) is 0 Å². The van der Waals surface area contributed by atoms with E-state index < -0.39 is 5.67 Å². The highest BCUT2D eigenvalue weighted by Crippen LogP contribution is 2.19. The molecule has 1 radical (unpaired) electrons. The van der Waals surface area contributed by atoms with E-state index in [9.17, 15) is 4.39 Å². The Kier molecular flexibility index (Phi) is 3.03. The first-order valence-electron chi connectivity index (χ1n) is 3.16. The highest BCUT2D eigenvalue weighted by Gasteiger charge is 2.17. The third-order valence-electron chi connectivity index (χ3n) is 1.33. The summed E-state index contributed by atoms with van der Waals surface area (Å²) in [5.74, 6) is 0. The minimum atomic E-state index is -1.16. The molecule has 1 unspecified atom stereocenters. The van der Waals surface area contributed by atoms with E-state index in [1.807, 2.05) is 13.8 Å². The Hall–Kier alpha value is -0.0700. The lowest BCUT2D eigenvalue weighted by Crippen LogP contribution is -2.15. The number of alkyl halides is 1. The molecule has 1 heteroatoms. The highest BCUT2D eigenvalue weighted by atomic mass is 19.1. The lowest BCUT2D eigenvalue weighted by molar-refractivity contribution is 0.201. The molecule has 0 aliphatic carbocycles. The Balaban J connectivity index is 3.37. The molecule has 0 saturated carbocycles. The summed E-state index contributed by atoms with van der Waals surface area (Å²) in [6.45, 7) is 7.20. The quantitative estimate of drug-likeness (QED) is 0.533. The summed E-state index contributed by atoms with van der Waals surface area (Å²) in [6, 6.07) is 0. The van der Waals surface area contributed by atoms with Gasteiger partial charge in [-0.25, -0.2) is 4.39 Å². The molecule has 0 aromatic heterocycles. The summed E-state index contributed by atoms with van der Waals surface area (Å²) < 4.78 is 12.7. The Labute approximate surface area is 51.1 Å². The van der Waals surface area contributed by atoms with Gasteiger partial charge in [0.25, 0.3) is 0 Å². The smallest absolute Gasteiger partial charge is 0.111 e. The van der Waals surface area contributed by atoms with Crippen molar-refractivity contribution in [2.24, 2.45) is 0 Å². The van der Waals surface area contributed by atoms with Crippen LogP contribution in [0, 0.1) is 6.92 Å². The molecule has 0 aromatic carbocycles. The summed E-state index contributed by atoms with van der Waals surface area (Å²) >= 11 is 0. The van der Waals surface area contributed by atoms with Crippen LogP contribution in [0.1, 0.15) is 33.1 Å². The Bertz CT molecular complexity index is 57.4. The second-order valence-electron chi connectivity index (χ2n) is 2.25. The zero-order valence-electron chi connectivity index (χ0n) is 5.71. The lowest BCUT2D eigenvalue weighted by Gasteiger charge is -2.15. The molecule has 0 N–H and O–H groups in total. The van der Waals surface area contributed by atoms with E-state index in [2.05, 4.69) is 6.92 Å². The van der Waals surface area contributed by atoms with Gasteiger partial charge in [0.1, 0.15) is 5.67 Å². The van der Waals surface area contributed by atoms with Crippen LogP contribution >= 0.6 is 0 Å². The second-order valence-corrected chi connectivity index (χ2v) is 2.25. The van der Waals surface area contributed by atoms with Gasteiger partial charge < -0.3 is 0 Å². The highest BCUT2D eigenvalue weighted by molar-refractivity contribution is 4.78. The van der Waals surface area contributed by atoms with Crippen LogP contribution in [0.15, 0.2) is 0 Å². The topological polar surface area (TPSA) is 0 Å². The first kappa shape index (κ1) is 7.93.